The lowest BCUT2D eigenvalue weighted by Crippen LogP contribution is -2.55. The Morgan fingerprint density at radius 1 is 0.554 bits per heavy atom. The van der Waals surface area contributed by atoms with Crippen molar-refractivity contribution in [3.05, 3.63) is 138 Å². The number of nitrogens with one attached hydrogen (secondary N) is 13. The highest BCUT2D eigenvalue weighted by Gasteiger charge is 2.30. The molecule has 0 aliphatic carbocycles. The van der Waals surface area contributed by atoms with Crippen molar-refractivity contribution in [2.24, 2.45) is 10.2 Å². The first-order chi connectivity index (χ1) is 48.5. The monoisotopic (exact) mass is 1410 g/mol. The summed E-state index contributed by atoms with van der Waals surface area (Å²) in [5.74, 6) is -10.0. The Morgan fingerprint density at radius 3 is 1.58 bits per heavy atom. The van der Waals surface area contributed by atoms with Gasteiger partial charge in [0.05, 0.1) is 53.5 Å². The number of H-pyrrole nitrogens is 2. The van der Waals surface area contributed by atoms with Crippen LogP contribution in [0.2, 0.25) is 0 Å². The summed E-state index contributed by atoms with van der Waals surface area (Å²) in [6.07, 6.45) is 10.2. The Labute approximate surface area is 573 Å². The molecular formula is C62H72N22O16S. The summed E-state index contributed by atoms with van der Waals surface area (Å²) < 4.78 is 36.7. The molecule has 39 heteroatoms. The summed E-state index contributed by atoms with van der Waals surface area (Å²) in [5, 5.41) is 65.3. The van der Waals surface area contributed by atoms with Crippen LogP contribution < -0.4 is 58.5 Å². The van der Waals surface area contributed by atoms with E-state index >= 15 is 0 Å². The number of aryl methyl sites for hydroxylation is 2. The molecule has 0 radical (unpaired) electrons. The van der Waals surface area contributed by atoms with Crippen molar-refractivity contribution in [2.45, 2.75) is 87.2 Å². The van der Waals surface area contributed by atoms with Gasteiger partial charge in [0.15, 0.2) is 17.7 Å². The smallest absolute Gasteiger partial charge is 0.328 e. The number of aromatic nitrogens is 9. The van der Waals surface area contributed by atoms with Gasteiger partial charge in [-0.15, -0.1) is 5.11 Å². The molecule has 0 saturated heterocycles. The Morgan fingerprint density at radius 2 is 1.08 bits per heavy atom. The fourth-order valence-corrected chi connectivity index (χ4v) is 10.5. The third-order valence-corrected chi connectivity index (χ3v) is 16.0. The van der Waals surface area contributed by atoms with Crippen molar-refractivity contribution in [1.29, 1.82) is 0 Å². The van der Waals surface area contributed by atoms with E-state index in [9.17, 15) is 75.9 Å². The third-order valence-electron chi connectivity index (χ3n) is 15.1. The molecule has 5 aromatic heterocycles. The summed E-state index contributed by atoms with van der Waals surface area (Å²) in [4.78, 5) is 163. The van der Waals surface area contributed by atoms with Gasteiger partial charge in [0.1, 0.15) is 24.2 Å². The second-order valence-electron chi connectivity index (χ2n) is 22.3. The molecule has 0 saturated carbocycles. The number of aliphatic carboxylic acids is 2. The van der Waals surface area contributed by atoms with Gasteiger partial charge in [-0.3, -0.25) is 57.1 Å². The zero-order valence-corrected chi connectivity index (χ0v) is 54.8. The lowest BCUT2D eigenvalue weighted by atomic mass is 10.1. The van der Waals surface area contributed by atoms with Crippen molar-refractivity contribution < 1.29 is 75.9 Å². The molecule has 16 N–H and O–H groups in total. The van der Waals surface area contributed by atoms with Crippen LogP contribution in [0, 0.1) is 0 Å². The van der Waals surface area contributed by atoms with Crippen LogP contribution in [-0.2, 0) is 68.1 Å². The molecule has 101 heavy (non-hydrogen) atoms. The number of hydrogen-bond donors (Lipinski definition) is 16. The van der Waals surface area contributed by atoms with Crippen molar-refractivity contribution in [1.82, 2.24) is 92.3 Å². The number of carboxylic acids is 2. The normalized spacial score (nSPS) is 12.5. The standard InChI is InChI=1S/C62H72N22O16S/c1-63-50(85)16-11-43(80-56(91)39-10-15-49(70-28-39)82-75-29-38-6-2-3-7-48(38)101(98,99)100)58(93)81-42(57(92)74-35-53(88)79-45(60(96)97)33-73-55(90)37-9-14-47-41(27-37)31-77-84(47)25-5-19-65-62-68-22-23-69-62)12-17-51(86)71-34-52(87)78-44(59(94)95)32-72-54(89)36-8-13-46-40(26-36)30-76-83(46)24-4-18-64-61-66-20-21-67-61/h2-3,6-10,13-15,20-23,26-28,30-31,42-45H,4-5,11-12,16-19,24-25,29,32-35H2,1H3,(H,63,85)(H,71,86)(H,72,89)(H,73,90)(H,74,92)(H,78,87)(H,79,88)(H,80,91)(H,81,93)(H,94,95)(H,96,97)(H2,64,66,67)(H2,65,68,69)(H,98,99,100)/t42?,43?,44-,45-/m0/s1. The lowest BCUT2D eigenvalue weighted by molar-refractivity contribution is -0.142. The molecule has 0 aliphatic rings. The number of aromatic amines is 2. The molecule has 0 aliphatic heterocycles. The van der Waals surface area contributed by atoms with Gasteiger partial charge in [-0.1, -0.05) is 18.2 Å². The summed E-state index contributed by atoms with van der Waals surface area (Å²) in [7, 11) is -3.26. The molecule has 9 amide bonds. The number of azo groups is 1. The summed E-state index contributed by atoms with van der Waals surface area (Å²) in [5.41, 5.74) is 1.77. The minimum atomic E-state index is -4.58. The average molecular weight is 1410 g/mol. The predicted molar refractivity (Wildman–Crippen MR) is 357 cm³/mol. The average Bonchev–Trinajstić information content (AvgIpc) is 1.69. The Hall–Kier alpha value is -12.6. The Balaban J connectivity index is 0.872. The molecule has 2 unspecified atom stereocenters. The second kappa shape index (κ2) is 36.2. The number of carbonyl (C=O) groups excluding carboxylic acids is 9. The zero-order valence-electron chi connectivity index (χ0n) is 54.0. The molecule has 0 fully saturated rings. The first-order valence-corrected chi connectivity index (χ1v) is 32.7. The van der Waals surface area contributed by atoms with Gasteiger partial charge in [0.25, 0.3) is 27.8 Å². The van der Waals surface area contributed by atoms with Crippen LogP contribution in [0.3, 0.4) is 0 Å². The molecule has 8 aromatic rings. The largest absolute Gasteiger partial charge is 0.480 e. The van der Waals surface area contributed by atoms with E-state index in [1.807, 2.05) is 0 Å². The van der Waals surface area contributed by atoms with Gasteiger partial charge in [-0.25, -0.2) is 24.5 Å². The summed E-state index contributed by atoms with van der Waals surface area (Å²) in [6.45, 7) is -0.972. The van der Waals surface area contributed by atoms with E-state index < -0.39 is 138 Å². The van der Waals surface area contributed by atoms with Gasteiger partial charge >= 0.3 is 11.9 Å². The number of carbonyl (C=O) groups is 11. The van der Waals surface area contributed by atoms with Crippen LogP contribution in [0.15, 0.2) is 131 Å². The van der Waals surface area contributed by atoms with Crippen LogP contribution in [0.5, 0.6) is 0 Å². The minimum absolute atomic E-state index is 0.0436. The molecule has 0 spiro atoms. The second-order valence-corrected chi connectivity index (χ2v) is 23.7. The number of imidazole rings is 2. The number of rotatable bonds is 39. The fraction of sp³-hybridized carbons (Fsp3) is 0.323. The van der Waals surface area contributed by atoms with Crippen LogP contribution >= 0.6 is 0 Å². The lowest BCUT2D eigenvalue weighted by Gasteiger charge is -2.23. The van der Waals surface area contributed by atoms with E-state index in [2.05, 4.69) is 104 Å². The number of carboxylic acid groups (broad SMARTS) is 2. The van der Waals surface area contributed by atoms with Crippen molar-refractivity contribution in [3.63, 3.8) is 0 Å². The molecule has 532 valence electrons. The van der Waals surface area contributed by atoms with E-state index in [1.165, 1.54) is 55.6 Å². The molecule has 8 rings (SSSR count). The van der Waals surface area contributed by atoms with E-state index in [0.717, 1.165) is 17.2 Å². The molecule has 0 bridgehead atoms. The topological polar surface area (TPSA) is 546 Å². The van der Waals surface area contributed by atoms with Gasteiger partial charge < -0.3 is 78.7 Å². The van der Waals surface area contributed by atoms with Crippen LogP contribution in [0.1, 0.15) is 75.2 Å². The zero-order chi connectivity index (χ0) is 72.4. The van der Waals surface area contributed by atoms with Crippen LogP contribution in [-0.4, -0.2) is 203 Å². The van der Waals surface area contributed by atoms with Gasteiger partial charge in [-0.2, -0.15) is 23.7 Å². The minimum Gasteiger partial charge on any atom is -0.480 e. The maximum atomic E-state index is 14.2. The quantitative estimate of drug-likeness (QED) is 0.0136. The maximum Gasteiger partial charge on any atom is 0.328 e. The molecule has 38 nitrogen and oxygen atoms in total. The van der Waals surface area contributed by atoms with Crippen LogP contribution in [0.25, 0.3) is 21.8 Å². The van der Waals surface area contributed by atoms with Crippen molar-refractivity contribution in [3.8, 4) is 0 Å². The Kier molecular flexibility index (Phi) is 26.6. The third kappa shape index (κ3) is 22.5. The summed E-state index contributed by atoms with van der Waals surface area (Å²) in [6, 6.07) is 10.8. The number of amides is 9. The number of hydrogen-bond acceptors (Lipinski definition) is 22. The first-order valence-electron chi connectivity index (χ1n) is 31.2. The van der Waals surface area contributed by atoms with Gasteiger partial charge in [0.2, 0.25) is 35.4 Å². The SMILES string of the molecule is CNC(=O)CCC(NC(=O)c1ccc(N=NCc2ccccc2S(=O)(=O)O)nc1)C(=O)NC(CCC(=O)NCC(=O)N[C@@H](CNC(=O)c1ccc2c(cnn2CCCNc2ncc[nH]2)c1)C(=O)O)C(=O)NCC(=O)N[C@@H](CNC(=O)c1ccc2c(cnn2CCCNc2ncc[nH]2)c1)C(=O)O. The first kappa shape index (κ1) is 74.2. The Bertz CT molecular complexity index is 4410. The molecule has 3 aromatic carbocycles. The molecule has 5 heterocycles. The van der Waals surface area contributed by atoms with E-state index in [4.69, 9.17) is 0 Å². The maximum absolute atomic E-state index is 14.2. The van der Waals surface area contributed by atoms with E-state index in [-0.39, 0.29) is 52.4 Å². The molecular weight excluding hydrogens is 1340 g/mol. The predicted octanol–water partition coefficient (Wildman–Crippen LogP) is -0.117. The number of pyridine rings is 1. The van der Waals surface area contributed by atoms with Crippen molar-refractivity contribution in [2.75, 3.05) is 56.9 Å². The van der Waals surface area contributed by atoms with Crippen LogP contribution in [0.4, 0.5) is 17.7 Å². The number of nitrogens with zero attached hydrogens (tertiary/aromatic N) is 9. The highest BCUT2D eigenvalue weighted by atomic mass is 32.2. The fourth-order valence-electron chi connectivity index (χ4n) is 9.83. The number of fused-ring (bicyclic) bond motifs is 2. The highest BCUT2D eigenvalue weighted by Crippen LogP contribution is 2.21. The van der Waals surface area contributed by atoms with E-state index in [0.29, 0.717) is 61.7 Å². The highest BCUT2D eigenvalue weighted by molar-refractivity contribution is 7.85. The number of anilines is 2. The summed E-state index contributed by atoms with van der Waals surface area (Å²) >= 11 is 0. The van der Waals surface area contributed by atoms with Crippen molar-refractivity contribution >= 4 is 115 Å². The number of benzene rings is 3. The molecule has 4 atom stereocenters. The van der Waals surface area contributed by atoms with Gasteiger partial charge in [-0.05, 0) is 85.8 Å². The van der Waals surface area contributed by atoms with Gasteiger partial charge in [0, 0.05) is 112 Å². The van der Waals surface area contributed by atoms with E-state index in [1.54, 1.807) is 70.8 Å².